The summed E-state index contributed by atoms with van der Waals surface area (Å²) in [5.74, 6) is 0. The number of nitrogens with zero attached hydrogens (tertiary/aromatic N) is 3. The molecule has 23 heavy (non-hydrogen) atoms. The van der Waals surface area contributed by atoms with Gasteiger partial charge in [-0.3, -0.25) is 0 Å². The summed E-state index contributed by atoms with van der Waals surface area (Å²) < 4.78 is 33.4. The lowest BCUT2D eigenvalue weighted by Crippen LogP contribution is -2.51. The number of hydrogen-bond donors (Lipinski definition) is 0. The lowest BCUT2D eigenvalue weighted by atomic mass is 10.0. The minimum absolute atomic E-state index is 0.102. The van der Waals surface area contributed by atoms with Gasteiger partial charge >= 0.3 is 0 Å². The molecule has 0 aromatic heterocycles. The van der Waals surface area contributed by atoms with E-state index in [1.165, 1.54) is 14.2 Å². The number of hydrogen-bond acceptors (Lipinski definition) is 4. The maximum absolute atomic E-state index is 12.7. The van der Waals surface area contributed by atoms with Gasteiger partial charge in [-0.05, 0) is 17.6 Å². The Bertz CT molecular complexity index is 725. The normalized spacial score (nSPS) is 24.0. The third kappa shape index (κ3) is 3.46. The molecular weight excluding hydrogens is 314 g/mol. The van der Waals surface area contributed by atoms with Gasteiger partial charge in [-0.2, -0.15) is 22.3 Å². The van der Waals surface area contributed by atoms with Crippen molar-refractivity contribution in [1.29, 1.82) is 5.26 Å². The van der Waals surface area contributed by atoms with Crippen molar-refractivity contribution in [2.24, 2.45) is 0 Å². The van der Waals surface area contributed by atoms with E-state index in [0.717, 1.165) is 5.56 Å². The lowest BCUT2D eigenvalue weighted by Gasteiger charge is -2.34. The molecule has 1 atom stereocenters. The van der Waals surface area contributed by atoms with Gasteiger partial charge in [0.1, 0.15) is 0 Å². The molecule has 1 fully saturated rings. The molecule has 0 aliphatic carbocycles. The van der Waals surface area contributed by atoms with Crippen molar-refractivity contribution in [3.63, 3.8) is 0 Å². The average Bonchev–Trinajstić information content (AvgIpc) is 2.62. The average molecular weight is 333 g/mol. The second-order valence-corrected chi connectivity index (χ2v) is 7.49. The lowest BCUT2D eigenvalue weighted by molar-refractivity contribution is 0.0291. The van der Waals surface area contributed by atoms with Gasteiger partial charge in [0, 0.05) is 19.6 Å². The molecule has 1 saturated heterocycles. The first-order valence-corrected chi connectivity index (χ1v) is 9.02. The summed E-state index contributed by atoms with van der Waals surface area (Å²) >= 11 is 0. The Morgan fingerprint density at radius 1 is 1.17 bits per heavy atom. The van der Waals surface area contributed by atoms with E-state index in [-0.39, 0.29) is 13.2 Å². The zero-order valence-corrected chi connectivity index (χ0v) is 13.6. The Balaban J connectivity index is 1.71. The molecule has 6 nitrogen and oxygen atoms in total. The van der Waals surface area contributed by atoms with E-state index in [1.54, 1.807) is 0 Å². The van der Waals surface area contributed by atoms with Crippen LogP contribution in [0.2, 0.25) is 0 Å². The van der Waals surface area contributed by atoms with E-state index in [4.69, 9.17) is 10.00 Å². The molecule has 0 N–H and O–H groups in total. The first-order chi connectivity index (χ1) is 11.1. The Hall–Kier alpha value is -1.72. The van der Waals surface area contributed by atoms with Crippen LogP contribution in [0.5, 0.6) is 0 Å². The van der Waals surface area contributed by atoms with Crippen LogP contribution in [0, 0.1) is 11.3 Å². The van der Waals surface area contributed by atoms with Crippen molar-refractivity contribution in [3.05, 3.63) is 42.0 Å². The van der Waals surface area contributed by atoms with Crippen molar-refractivity contribution in [3.8, 4) is 6.07 Å². The van der Waals surface area contributed by atoms with Gasteiger partial charge in [-0.1, -0.05) is 36.4 Å². The fraction of sp³-hybridized carbons (Fsp3) is 0.438. The van der Waals surface area contributed by atoms with Crippen LogP contribution in [0.1, 0.15) is 12.0 Å². The molecule has 3 rings (SSSR count). The molecule has 0 radical (unpaired) electrons. The highest BCUT2D eigenvalue weighted by Gasteiger charge is 2.34. The van der Waals surface area contributed by atoms with Crippen molar-refractivity contribution >= 4 is 15.8 Å². The van der Waals surface area contributed by atoms with E-state index in [0.29, 0.717) is 26.1 Å². The fourth-order valence-electron chi connectivity index (χ4n) is 2.85. The summed E-state index contributed by atoms with van der Waals surface area (Å²) in [4.78, 5) is 0. The summed E-state index contributed by atoms with van der Waals surface area (Å²) in [6, 6.07) is 12.0. The van der Waals surface area contributed by atoms with E-state index in [9.17, 15) is 8.42 Å². The largest absolute Gasteiger partial charge is 0.361 e. The minimum atomic E-state index is -3.54. The summed E-state index contributed by atoms with van der Waals surface area (Å²) in [5.41, 5.74) is 2.31. The third-order valence-electron chi connectivity index (χ3n) is 4.14. The molecular formula is C16H19N3O3S. The smallest absolute Gasteiger partial charge is 0.282 e. The van der Waals surface area contributed by atoms with Crippen molar-refractivity contribution in [2.75, 3.05) is 32.8 Å². The van der Waals surface area contributed by atoms with Gasteiger partial charge in [-0.15, -0.1) is 0 Å². The Kier molecular flexibility index (Phi) is 4.78. The van der Waals surface area contributed by atoms with Gasteiger partial charge in [0.15, 0.2) is 6.10 Å². The molecule has 1 aromatic carbocycles. The van der Waals surface area contributed by atoms with Crippen LogP contribution >= 0.6 is 0 Å². The Labute approximate surface area is 136 Å². The standard InChI is InChI=1S/C16H19N3O3S/c17-12-16-13-19(10-11-22-16)23(20,21)18-8-6-15(7-9-18)14-4-2-1-3-5-14/h1-6,16H,7-11,13H2/t16-/m1/s1. The van der Waals surface area contributed by atoms with Gasteiger partial charge in [0.05, 0.1) is 19.2 Å². The fourth-order valence-corrected chi connectivity index (χ4v) is 4.39. The summed E-state index contributed by atoms with van der Waals surface area (Å²) in [6.45, 7) is 1.48. The first-order valence-electron chi connectivity index (χ1n) is 7.62. The quantitative estimate of drug-likeness (QED) is 0.834. The number of benzene rings is 1. The second-order valence-electron chi connectivity index (χ2n) is 5.56. The SMILES string of the molecule is N#C[C@@H]1CN(S(=O)(=O)N2CC=C(c3ccccc3)CC2)CCO1. The number of rotatable bonds is 3. The predicted octanol–water partition coefficient (Wildman–Crippen LogP) is 1.24. The van der Waals surface area contributed by atoms with E-state index >= 15 is 0 Å². The number of ether oxygens (including phenoxy) is 1. The predicted molar refractivity (Wildman–Crippen MR) is 86.5 cm³/mol. The van der Waals surface area contributed by atoms with Crippen molar-refractivity contribution in [2.45, 2.75) is 12.5 Å². The topological polar surface area (TPSA) is 73.6 Å². The highest BCUT2D eigenvalue weighted by Crippen LogP contribution is 2.25. The monoisotopic (exact) mass is 333 g/mol. The number of nitriles is 1. The second kappa shape index (κ2) is 6.81. The van der Waals surface area contributed by atoms with Gasteiger partial charge in [0.25, 0.3) is 10.2 Å². The third-order valence-corrected chi connectivity index (χ3v) is 6.11. The molecule has 0 unspecified atom stereocenters. The molecule has 0 bridgehead atoms. The van der Waals surface area contributed by atoms with Crippen LogP contribution in [-0.2, 0) is 14.9 Å². The Morgan fingerprint density at radius 3 is 2.61 bits per heavy atom. The van der Waals surface area contributed by atoms with Gasteiger partial charge in [-0.25, -0.2) is 0 Å². The zero-order valence-electron chi connectivity index (χ0n) is 12.8. The molecule has 7 heteroatoms. The van der Waals surface area contributed by atoms with Gasteiger partial charge in [0.2, 0.25) is 0 Å². The maximum Gasteiger partial charge on any atom is 0.282 e. The molecule has 2 aliphatic rings. The molecule has 0 amide bonds. The van der Waals surface area contributed by atoms with E-state index < -0.39 is 16.3 Å². The molecule has 0 saturated carbocycles. The van der Waals surface area contributed by atoms with Crippen LogP contribution in [0.3, 0.4) is 0 Å². The maximum atomic E-state index is 12.7. The van der Waals surface area contributed by atoms with Crippen LogP contribution < -0.4 is 0 Å². The van der Waals surface area contributed by atoms with E-state index in [2.05, 4.69) is 0 Å². The van der Waals surface area contributed by atoms with Crippen LogP contribution in [0.25, 0.3) is 5.57 Å². The number of morpholine rings is 1. The molecule has 2 aliphatic heterocycles. The van der Waals surface area contributed by atoms with Crippen LogP contribution in [0.15, 0.2) is 36.4 Å². The molecule has 122 valence electrons. The summed E-state index contributed by atoms with van der Waals surface area (Å²) in [6.07, 6.45) is 1.98. The highest BCUT2D eigenvalue weighted by atomic mass is 32.2. The Morgan fingerprint density at radius 2 is 1.96 bits per heavy atom. The highest BCUT2D eigenvalue weighted by molar-refractivity contribution is 7.86. The molecule has 1 aromatic rings. The van der Waals surface area contributed by atoms with Crippen LogP contribution in [0.4, 0.5) is 0 Å². The van der Waals surface area contributed by atoms with Crippen molar-refractivity contribution < 1.29 is 13.2 Å². The zero-order chi connectivity index (χ0) is 16.3. The van der Waals surface area contributed by atoms with Crippen LogP contribution in [-0.4, -0.2) is 55.9 Å². The summed E-state index contributed by atoms with van der Waals surface area (Å²) in [5, 5.41) is 8.93. The van der Waals surface area contributed by atoms with Gasteiger partial charge < -0.3 is 4.74 Å². The minimum Gasteiger partial charge on any atom is -0.361 e. The van der Waals surface area contributed by atoms with E-state index in [1.807, 2.05) is 42.5 Å². The van der Waals surface area contributed by atoms with Crippen molar-refractivity contribution in [1.82, 2.24) is 8.61 Å². The first kappa shape index (κ1) is 16.1. The molecule has 2 heterocycles. The summed E-state index contributed by atoms with van der Waals surface area (Å²) in [7, 11) is -3.54. The molecule has 0 spiro atoms.